The van der Waals surface area contributed by atoms with Crippen molar-refractivity contribution in [2.75, 3.05) is 46.0 Å². The van der Waals surface area contributed by atoms with E-state index in [0.29, 0.717) is 63.9 Å². The highest BCUT2D eigenvalue weighted by Gasteiger charge is 2.42. The number of rotatable bonds is 3. The quantitative estimate of drug-likeness (QED) is 0.775. The second-order valence-electron chi connectivity index (χ2n) is 8.57. The Balaban J connectivity index is 1.31. The summed E-state index contributed by atoms with van der Waals surface area (Å²) in [6.07, 6.45) is 5.78. The van der Waals surface area contributed by atoms with Crippen molar-refractivity contribution >= 4 is 11.8 Å². The molecule has 3 saturated heterocycles. The number of pyridine rings is 1. The zero-order valence-electron chi connectivity index (χ0n) is 17.3. The second kappa shape index (κ2) is 8.79. The minimum absolute atomic E-state index is 0.0437. The van der Waals surface area contributed by atoms with Crippen molar-refractivity contribution in [3.8, 4) is 0 Å². The summed E-state index contributed by atoms with van der Waals surface area (Å²) >= 11 is 0. The molecule has 0 aromatic carbocycles. The van der Waals surface area contributed by atoms with E-state index in [1.807, 2.05) is 28.9 Å². The normalized spacial score (nSPS) is 24.5. The van der Waals surface area contributed by atoms with Gasteiger partial charge in [0, 0.05) is 51.1 Å². The molecule has 1 unspecified atom stereocenters. The molecule has 29 heavy (non-hydrogen) atoms. The van der Waals surface area contributed by atoms with Crippen LogP contribution in [0.4, 0.5) is 0 Å². The molecule has 0 N–H and O–H groups in total. The molecule has 3 aliphatic rings. The molecule has 1 aromatic rings. The van der Waals surface area contributed by atoms with E-state index in [1.54, 1.807) is 6.20 Å². The summed E-state index contributed by atoms with van der Waals surface area (Å²) in [6, 6.07) is 3.72. The Morgan fingerprint density at radius 1 is 1.10 bits per heavy atom. The van der Waals surface area contributed by atoms with Crippen LogP contribution in [0.5, 0.6) is 0 Å². The highest BCUT2D eigenvalue weighted by molar-refractivity contribution is 5.94. The van der Waals surface area contributed by atoms with E-state index >= 15 is 0 Å². The molecule has 4 heterocycles. The third-order valence-electron chi connectivity index (χ3n) is 6.54. The van der Waals surface area contributed by atoms with Gasteiger partial charge in [-0.3, -0.25) is 14.6 Å². The number of amides is 2. The lowest BCUT2D eigenvalue weighted by atomic mass is 9.78. The highest BCUT2D eigenvalue weighted by atomic mass is 16.5. The van der Waals surface area contributed by atoms with Crippen molar-refractivity contribution < 1.29 is 19.1 Å². The molecule has 1 spiro atoms. The number of likely N-dealkylation sites (tertiary alicyclic amines) is 1. The van der Waals surface area contributed by atoms with Gasteiger partial charge in [0.15, 0.2) is 0 Å². The molecule has 158 valence electrons. The average molecular weight is 402 g/mol. The molecule has 2 amide bonds. The second-order valence-corrected chi connectivity index (χ2v) is 8.57. The fourth-order valence-corrected chi connectivity index (χ4v) is 4.73. The third-order valence-corrected chi connectivity index (χ3v) is 6.54. The topological polar surface area (TPSA) is 72.0 Å². The first-order valence-electron chi connectivity index (χ1n) is 10.8. The van der Waals surface area contributed by atoms with E-state index in [0.717, 1.165) is 31.4 Å². The van der Waals surface area contributed by atoms with Gasteiger partial charge in [0.25, 0.3) is 5.91 Å². The molecule has 0 radical (unpaired) electrons. The Kier molecular flexibility index (Phi) is 6.15. The van der Waals surface area contributed by atoms with E-state index in [1.165, 1.54) is 0 Å². The van der Waals surface area contributed by atoms with Crippen LogP contribution in [0, 0.1) is 12.8 Å². The molecule has 0 bridgehead atoms. The van der Waals surface area contributed by atoms with Crippen molar-refractivity contribution in [3.63, 3.8) is 0 Å². The Bertz CT molecular complexity index is 722. The van der Waals surface area contributed by atoms with Crippen molar-refractivity contribution in [2.45, 2.75) is 44.6 Å². The first kappa shape index (κ1) is 20.3. The molecule has 0 aliphatic carbocycles. The lowest BCUT2D eigenvalue weighted by molar-refractivity contribution is -0.143. The lowest BCUT2D eigenvalue weighted by Gasteiger charge is -2.46. The van der Waals surface area contributed by atoms with Gasteiger partial charge in [0.2, 0.25) is 5.91 Å². The van der Waals surface area contributed by atoms with Crippen molar-refractivity contribution in [1.29, 1.82) is 0 Å². The Morgan fingerprint density at radius 2 is 1.86 bits per heavy atom. The van der Waals surface area contributed by atoms with Gasteiger partial charge in [-0.25, -0.2) is 0 Å². The summed E-state index contributed by atoms with van der Waals surface area (Å²) in [5, 5.41) is 0. The Morgan fingerprint density at radius 3 is 2.55 bits per heavy atom. The number of piperidine rings is 1. The summed E-state index contributed by atoms with van der Waals surface area (Å²) in [6.45, 7) is 6.70. The van der Waals surface area contributed by atoms with Gasteiger partial charge in [0.1, 0.15) is 0 Å². The zero-order valence-corrected chi connectivity index (χ0v) is 17.3. The molecule has 0 saturated carbocycles. The van der Waals surface area contributed by atoms with Crippen LogP contribution < -0.4 is 0 Å². The summed E-state index contributed by atoms with van der Waals surface area (Å²) in [7, 11) is 0. The molecule has 7 heteroatoms. The lowest BCUT2D eigenvalue weighted by Crippen LogP contribution is -2.51. The van der Waals surface area contributed by atoms with Crippen LogP contribution in [0.1, 0.15) is 48.2 Å². The number of carbonyl (C=O) groups is 2. The van der Waals surface area contributed by atoms with Crippen LogP contribution in [0.2, 0.25) is 0 Å². The summed E-state index contributed by atoms with van der Waals surface area (Å²) in [5.74, 6) is 0.652. The molecule has 4 rings (SSSR count). The van der Waals surface area contributed by atoms with Crippen LogP contribution >= 0.6 is 0 Å². The monoisotopic (exact) mass is 401 g/mol. The number of aromatic nitrogens is 1. The maximum Gasteiger partial charge on any atom is 0.255 e. The van der Waals surface area contributed by atoms with E-state index < -0.39 is 0 Å². The van der Waals surface area contributed by atoms with Gasteiger partial charge < -0.3 is 19.3 Å². The van der Waals surface area contributed by atoms with Gasteiger partial charge in [0.05, 0.1) is 24.4 Å². The van der Waals surface area contributed by atoms with Gasteiger partial charge in [-0.1, -0.05) is 0 Å². The SMILES string of the molecule is Cc1ccc(C(=O)N2CCC3(CC2)CC(CC(=O)N2CCOCC2)CCO3)cn1. The molecule has 1 aromatic heterocycles. The Hall–Kier alpha value is -1.99. The van der Waals surface area contributed by atoms with E-state index in [9.17, 15) is 9.59 Å². The number of morpholine rings is 1. The summed E-state index contributed by atoms with van der Waals surface area (Å²) in [5.41, 5.74) is 1.37. The Labute approximate surface area is 172 Å². The first-order valence-corrected chi connectivity index (χ1v) is 10.8. The summed E-state index contributed by atoms with van der Waals surface area (Å²) < 4.78 is 11.6. The van der Waals surface area contributed by atoms with Crippen LogP contribution in [-0.4, -0.2) is 78.2 Å². The van der Waals surface area contributed by atoms with E-state index in [2.05, 4.69) is 4.98 Å². The van der Waals surface area contributed by atoms with Crippen LogP contribution in [-0.2, 0) is 14.3 Å². The van der Waals surface area contributed by atoms with E-state index in [-0.39, 0.29) is 17.4 Å². The van der Waals surface area contributed by atoms with Gasteiger partial charge >= 0.3 is 0 Å². The predicted molar refractivity (Wildman–Crippen MR) is 108 cm³/mol. The van der Waals surface area contributed by atoms with Gasteiger partial charge in [-0.05, 0) is 50.7 Å². The molecule has 3 aliphatic heterocycles. The number of ether oxygens (including phenoxy) is 2. The maximum absolute atomic E-state index is 12.8. The van der Waals surface area contributed by atoms with Gasteiger partial charge in [-0.15, -0.1) is 0 Å². The highest BCUT2D eigenvalue weighted by Crippen LogP contribution is 2.39. The number of carbonyl (C=O) groups excluding carboxylic acids is 2. The minimum atomic E-state index is -0.184. The molecular formula is C22H31N3O4. The fraction of sp³-hybridized carbons (Fsp3) is 0.682. The minimum Gasteiger partial charge on any atom is -0.378 e. The third kappa shape index (κ3) is 4.78. The average Bonchev–Trinajstić information content (AvgIpc) is 2.75. The van der Waals surface area contributed by atoms with Crippen LogP contribution in [0.15, 0.2) is 18.3 Å². The molecule has 3 fully saturated rings. The fourth-order valence-electron chi connectivity index (χ4n) is 4.73. The van der Waals surface area contributed by atoms with Crippen LogP contribution in [0.25, 0.3) is 0 Å². The van der Waals surface area contributed by atoms with Crippen molar-refractivity contribution in [3.05, 3.63) is 29.6 Å². The largest absolute Gasteiger partial charge is 0.378 e. The maximum atomic E-state index is 12.8. The molecule has 1 atom stereocenters. The number of nitrogens with zero attached hydrogens (tertiary/aromatic N) is 3. The van der Waals surface area contributed by atoms with Gasteiger partial charge in [-0.2, -0.15) is 0 Å². The van der Waals surface area contributed by atoms with Crippen LogP contribution in [0.3, 0.4) is 0 Å². The zero-order chi connectivity index (χ0) is 20.3. The number of aryl methyl sites for hydroxylation is 1. The van der Waals surface area contributed by atoms with E-state index in [4.69, 9.17) is 9.47 Å². The molecule has 7 nitrogen and oxygen atoms in total. The molecular weight excluding hydrogens is 370 g/mol. The first-order chi connectivity index (χ1) is 14.0. The van der Waals surface area contributed by atoms with Crippen molar-refractivity contribution in [1.82, 2.24) is 14.8 Å². The standard InChI is InChI=1S/C22H31N3O4/c1-17-2-3-19(16-23-17)21(27)25-7-5-22(6-8-25)15-18(4-11-29-22)14-20(26)24-9-12-28-13-10-24/h2-3,16,18H,4-15H2,1H3. The smallest absolute Gasteiger partial charge is 0.255 e. The predicted octanol–water partition coefficient (Wildman–Crippen LogP) is 2.04. The number of hydrogen-bond acceptors (Lipinski definition) is 5. The number of hydrogen-bond donors (Lipinski definition) is 0. The van der Waals surface area contributed by atoms with Crippen molar-refractivity contribution in [2.24, 2.45) is 5.92 Å². The summed E-state index contributed by atoms with van der Waals surface area (Å²) in [4.78, 5) is 33.5.